The highest BCUT2D eigenvalue weighted by molar-refractivity contribution is 5.68. The summed E-state index contributed by atoms with van der Waals surface area (Å²) in [6, 6.07) is 29.9. The summed E-state index contributed by atoms with van der Waals surface area (Å²) in [5, 5.41) is 8.92. The highest BCUT2D eigenvalue weighted by atomic mass is 16.6. The molecule has 3 rings (SSSR count). The Kier molecular flexibility index (Phi) is 6.95. The molecule has 0 fully saturated rings. The molecule has 1 N–H and O–H groups in total. The number of ether oxygens (including phenoxy) is 2. The fraction of sp³-hybridized carbons (Fsp3) is 0.160. The van der Waals surface area contributed by atoms with E-state index in [2.05, 4.69) is 6.58 Å². The Morgan fingerprint density at radius 1 is 0.862 bits per heavy atom. The first-order valence-corrected chi connectivity index (χ1v) is 9.43. The molecule has 0 unspecified atom stereocenters. The van der Waals surface area contributed by atoms with Crippen LogP contribution >= 0.6 is 0 Å². The molecule has 0 radical (unpaired) electrons. The number of carbonyl (C=O) groups is 1. The molecule has 0 bridgehead atoms. The van der Waals surface area contributed by atoms with Crippen LogP contribution in [0.25, 0.3) is 0 Å². The van der Waals surface area contributed by atoms with Crippen LogP contribution in [-0.2, 0) is 19.9 Å². The van der Waals surface area contributed by atoms with Gasteiger partial charge in [0.25, 0.3) is 0 Å². The molecule has 0 aromatic heterocycles. The molecular weight excluding hydrogens is 364 g/mol. The minimum atomic E-state index is -1.03. The lowest BCUT2D eigenvalue weighted by Gasteiger charge is -2.36. The molecule has 29 heavy (non-hydrogen) atoms. The van der Waals surface area contributed by atoms with E-state index < -0.39 is 24.3 Å². The first-order valence-electron chi connectivity index (χ1n) is 9.43. The van der Waals surface area contributed by atoms with Crippen LogP contribution in [0.5, 0.6) is 0 Å². The molecule has 0 aliphatic carbocycles. The third-order valence-electron chi connectivity index (χ3n) is 4.69. The van der Waals surface area contributed by atoms with E-state index in [1.54, 1.807) is 6.08 Å². The van der Waals surface area contributed by atoms with E-state index >= 15 is 0 Å². The lowest BCUT2D eigenvalue weighted by atomic mass is 9.80. The second-order valence-electron chi connectivity index (χ2n) is 6.57. The van der Waals surface area contributed by atoms with E-state index in [1.165, 1.54) is 0 Å². The molecule has 1 atom stereocenters. The largest absolute Gasteiger partial charge is 0.480 e. The summed E-state index contributed by atoms with van der Waals surface area (Å²) < 4.78 is 12.0. The van der Waals surface area contributed by atoms with Gasteiger partial charge in [-0.3, -0.25) is 0 Å². The van der Waals surface area contributed by atoms with Crippen molar-refractivity contribution in [3.8, 4) is 0 Å². The van der Waals surface area contributed by atoms with E-state index in [4.69, 9.17) is 14.6 Å². The van der Waals surface area contributed by atoms with E-state index in [0.717, 1.165) is 16.7 Å². The summed E-state index contributed by atoms with van der Waals surface area (Å²) in [6.45, 7) is 3.50. The second-order valence-corrected chi connectivity index (χ2v) is 6.57. The number of rotatable bonds is 10. The van der Waals surface area contributed by atoms with Crippen LogP contribution in [0.2, 0.25) is 0 Å². The number of carboxylic acids is 1. The fourth-order valence-electron chi connectivity index (χ4n) is 3.34. The molecule has 4 heteroatoms. The van der Waals surface area contributed by atoms with Gasteiger partial charge >= 0.3 is 5.97 Å². The van der Waals surface area contributed by atoms with E-state index in [1.807, 2.05) is 91.0 Å². The van der Waals surface area contributed by atoms with Crippen molar-refractivity contribution in [1.82, 2.24) is 0 Å². The Bertz CT molecular complexity index is 811. The maximum atomic E-state index is 10.9. The van der Waals surface area contributed by atoms with Crippen LogP contribution < -0.4 is 0 Å². The second kappa shape index (κ2) is 9.82. The van der Waals surface area contributed by atoms with Gasteiger partial charge in [0.05, 0.1) is 12.7 Å². The van der Waals surface area contributed by atoms with Crippen molar-refractivity contribution < 1.29 is 19.4 Å². The summed E-state index contributed by atoms with van der Waals surface area (Å²) in [5.74, 6) is -1.03. The standard InChI is InChI=1S/C25H24O4/c1-2-23(28-19-24(26)27)18-29-25(20-12-6-3-7-13-20,21-14-8-4-9-15-21)22-16-10-5-11-17-22/h2-17,23H,1,18-19H2,(H,26,27)/t23-/m0/s1. The highest BCUT2D eigenvalue weighted by Gasteiger charge is 2.38. The zero-order valence-corrected chi connectivity index (χ0v) is 16.1. The Balaban J connectivity index is 2.07. The lowest BCUT2D eigenvalue weighted by Crippen LogP contribution is -2.36. The van der Waals surface area contributed by atoms with Crippen molar-refractivity contribution in [2.75, 3.05) is 13.2 Å². The summed E-state index contributed by atoms with van der Waals surface area (Å²) in [4.78, 5) is 10.9. The molecule has 0 amide bonds. The van der Waals surface area contributed by atoms with Crippen molar-refractivity contribution in [2.24, 2.45) is 0 Å². The van der Waals surface area contributed by atoms with Gasteiger partial charge in [0.1, 0.15) is 12.2 Å². The zero-order chi connectivity index (χ0) is 20.5. The van der Waals surface area contributed by atoms with Crippen molar-refractivity contribution in [2.45, 2.75) is 11.7 Å². The van der Waals surface area contributed by atoms with Gasteiger partial charge in [-0.25, -0.2) is 4.79 Å². The van der Waals surface area contributed by atoms with Crippen LogP contribution in [-0.4, -0.2) is 30.4 Å². The van der Waals surface area contributed by atoms with Crippen molar-refractivity contribution in [3.63, 3.8) is 0 Å². The smallest absolute Gasteiger partial charge is 0.329 e. The summed E-state index contributed by atoms with van der Waals surface area (Å²) in [5.41, 5.74) is 2.03. The number of hydrogen-bond donors (Lipinski definition) is 1. The van der Waals surface area contributed by atoms with Crippen LogP contribution in [0.15, 0.2) is 104 Å². The Labute approximate surface area is 171 Å². The molecule has 148 valence electrons. The molecule has 0 heterocycles. The molecule has 4 nitrogen and oxygen atoms in total. The third kappa shape index (κ3) is 4.80. The normalized spacial score (nSPS) is 12.3. The van der Waals surface area contributed by atoms with E-state index in [9.17, 15) is 4.79 Å². The van der Waals surface area contributed by atoms with Crippen LogP contribution in [0.4, 0.5) is 0 Å². The average molecular weight is 388 g/mol. The average Bonchev–Trinajstić information content (AvgIpc) is 2.78. The summed E-state index contributed by atoms with van der Waals surface area (Å²) in [6.07, 6.45) is 1.01. The maximum Gasteiger partial charge on any atom is 0.329 e. The monoisotopic (exact) mass is 388 g/mol. The van der Waals surface area contributed by atoms with Gasteiger partial charge < -0.3 is 14.6 Å². The van der Waals surface area contributed by atoms with Gasteiger partial charge in [-0.15, -0.1) is 6.58 Å². The SMILES string of the molecule is C=C[C@@H](COC(c1ccccc1)(c1ccccc1)c1ccccc1)OCC(=O)O. The van der Waals surface area contributed by atoms with Crippen molar-refractivity contribution in [1.29, 1.82) is 0 Å². The first-order chi connectivity index (χ1) is 14.2. The van der Waals surface area contributed by atoms with Gasteiger partial charge in [-0.1, -0.05) is 97.1 Å². The first kappa shape index (κ1) is 20.5. The molecule has 0 spiro atoms. The Hall–Kier alpha value is -3.21. The van der Waals surface area contributed by atoms with Crippen molar-refractivity contribution in [3.05, 3.63) is 120 Å². The summed E-state index contributed by atoms with van der Waals surface area (Å²) in [7, 11) is 0. The molecule has 0 aliphatic rings. The number of carboxylic acid groups (broad SMARTS) is 1. The van der Waals surface area contributed by atoms with Crippen LogP contribution in [0.3, 0.4) is 0 Å². The zero-order valence-electron chi connectivity index (χ0n) is 16.1. The highest BCUT2D eigenvalue weighted by Crippen LogP contribution is 2.40. The fourth-order valence-corrected chi connectivity index (χ4v) is 3.34. The quantitative estimate of drug-likeness (QED) is 0.406. The predicted octanol–water partition coefficient (Wildman–Crippen LogP) is 4.65. The lowest BCUT2D eigenvalue weighted by molar-refractivity contribution is -0.145. The molecular formula is C25H24O4. The number of aliphatic carboxylic acids is 1. The number of hydrogen-bond acceptors (Lipinski definition) is 3. The maximum absolute atomic E-state index is 10.9. The molecule has 0 aliphatic heterocycles. The predicted molar refractivity (Wildman–Crippen MR) is 113 cm³/mol. The van der Waals surface area contributed by atoms with Gasteiger partial charge in [0, 0.05) is 0 Å². The molecule has 0 saturated carbocycles. The molecule has 3 aromatic rings. The third-order valence-corrected chi connectivity index (χ3v) is 4.69. The van der Waals surface area contributed by atoms with Crippen LogP contribution in [0.1, 0.15) is 16.7 Å². The van der Waals surface area contributed by atoms with E-state index in [0.29, 0.717) is 0 Å². The summed E-state index contributed by atoms with van der Waals surface area (Å²) >= 11 is 0. The van der Waals surface area contributed by atoms with Crippen LogP contribution in [0, 0.1) is 0 Å². The van der Waals surface area contributed by atoms with Gasteiger partial charge in [0.2, 0.25) is 0 Å². The molecule has 0 saturated heterocycles. The topological polar surface area (TPSA) is 55.8 Å². The Morgan fingerprint density at radius 3 is 1.62 bits per heavy atom. The minimum absolute atomic E-state index is 0.148. The van der Waals surface area contributed by atoms with Crippen molar-refractivity contribution >= 4 is 5.97 Å². The van der Waals surface area contributed by atoms with Gasteiger partial charge in [-0.2, -0.15) is 0 Å². The van der Waals surface area contributed by atoms with Gasteiger partial charge in [0.15, 0.2) is 0 Å². The van der Waals surface area contributed by atoms with Gasteiger partial charge in [-0.05, 0) is 16.7 Å². The Morgan fingerprint density at radius 2 is 1.28 bits per heavy atom. The van der Waals surface area contributed by atoms with E-state index in [-0.39, 0.29) is 6.61 Å². The minimum Gasteiger partial charge on any atom is -0.480 e. The molecule has 3 aromatic carbocycles. The number of benzene rings is 3.